The molecule has 522 valence electrons. The van der Waals surface area contributed by atoms with Crippen LogP contribution in [0.3, 0.4) is 0 Å². The molecule has 0 spiro atoms. The van der Waals surface area contributed by atoms with E-state index in [9.17, 15) is 0 Å². The van der Waals surface area contributed by atoms with Crippen LogP contribution >= 0.6 is 0 Å². The van der Waals surface area contributed by atoms with Gasteiger partial charge in [0.15, 0.2) is 11.6 Å². The van der Waals surface area contributed by atoms with E-state index >= 15 is 0 Å². The molecule has 0 unspecified atom stereocenters. The molecule has 0 atom stereocenters. The Balaban J connectivity index is 0.808. The minimum Gasteiger partial charge on any atom is -0.311 e. The van der Waals surface area contributed by atoms with Crippen LogP contribution in [0.5, 0.6) is 0 Å². The maximum Gasteiger partial charge on any atom is 0.252 e. The third kappa shape index (κ3) is 11.7. The summed E-state index contributed by atoms with van der Waals surface area (Å²) in [5.41, 5.74) is 33.6. The topological polar surface area (TPSA) is 63.0 Å². The van der Waals surface area contributed by atoms with Crippen LogP contribution in [0, 0.1) is 0 Å². The van der Waals surface area contributed by atoms with Crippen molar-refractivity contribution in [2.24, 2.45) is 0 Å². The number of aromatic nitrogens is 5. The average molecular weight is 1430 g/mol. The fourth-order valence-corrected chi connectivity index (χ4v) is 16.9. The highest BCUT2D eigenvalue weighted by atomic mass is 15.2. The van der Waals surface area contributed by atoms with Crippen molar-refractivity contribution in [3.8, 4) is 129 Å². The van der Waals surface area contributed by atoms with Gasteiger partial charge in [0.1, 0.15) is 0 Å². The van der Waals surface area contributed by atoms with Gasteiger partial charge in [-0.2, -0.15) is 0 Å². The summed E-state index contributed by atoms with van der Waals surface area (Å²) in [7, 11) is 0. The normalized spacial score (nSPS) is 12.1. The number of hydrogen-bond donors (Lipinski definition) is 0. The standard InChI is InChI=1S/C104H68BN7/c1-9-28-69(29-10-1)73-48-54-84(55-49-73)110-98-58-51-80(71-32-13-3-14-33-71)63-89(98)105-90-64-81(72-34-15-4-16-35-72)52-59-99(90)111(85-45-27-44-78(60-85)70-30-11-2-12-31-70)101-66-83(65-100(110)102(101)105)79-50-56-96-87(61-79)86-46-25-26-47-95(86)112(96)97-57-53-82(103-106-91(74-36-17-5-18-37-74)67-92(107-103)75-38-19-6-20-39-75)62-88(97)104-108-93(76-40-21-7-22-41-76)68-94(109-104)77-42-23-8-24-43-77/h1-68H. The minimum atomic E-state index is -0.183. The van der Waals surface area contributed by atoms with Crippen LogP contribution in [0.25, 0.3) is 151 Å². The second-order valence-electron chi connectivity index (χ2n) is 28.8. The van der Waals surface area contributed by atoms with Crippen molar-refractivity contribution >= 4 is 79.0 Å². The van der Waals surface area contributed by atoms with E-state index < -0.39 is 0 Å². The third-order valence-electron chi connectivity index (χ3n) is 22.2. The monoisotopic (exact) mass is 1430 g/mol. The van der Waals surface area contributed by atoms with Gasteiger partial charge in [0, 0.05) is 78.3 Å². The summed E-state index contributed by atoms with van der Waals surface area (Å²) in [6, 6.07) is 149. The van der Waals surface area contributed by atoms with E-state index in [4.69, 9.17) is 19.9 Å². The fraction of sp³-hybridized carbons (Fsp3) is 0. The molecule has 0 radical (unpaired) electrons. The second-order valence-corrected chi connectivity index (χ2v) is 28.8. The molecule has 0 amide bonds. The van der Waals surface area contributed by atoms with Gasteiger partial charge >= 0.3 is 0 Å². The van der Waals surface area contributed by atoms with Crippen molar-refractivity contribution in [3.63, 3.8) is 0 Å². The summed E-state index contributed by atoms with van der Waals surface area (Å²) in [5, 5.41) is 2.20. The summed E-state index contributed by atoms with van der Waals surface area (Å²) < 4.78 is 2.41. The predicted molar refractivity (Wildman–Crippen MR) is 466 cm³/mol. The Morgan fingerprint density at radius 2 is 0.554 bits per heavy atom. The molecule has 0 saturated heterocycles. The van der Waals surface area contributed by atoms with Crippen molar-refractivity contribution in [1.82, 2.24) is 24.5 Å². The van der Waals surface area contributed by atoms with Gasteiger partial charge in [0.2, 0.25) is 0 Å². The summed E-state index contributed by atoms with van der Waals surface area (Å²) >= 11 is 0. The lowest BCUT2D eigenvalue weighted by molar-refractivity contribution is 1.13. The number of nitrogens with zero attached hydrogens (tertiary/aromatic N) is 7. The minimum absolute atomic E-state index is 0.183. The molecule has 0 fully saturated rings. The number of anilines is 6. The Labute approximate surface area is 650 Å². The van der Waals surface area contributed by atoms with Crippen molar-refractivity contribution in [3.05, 3.63) is 413 Å². The van der Waals surface area contributed by atoms with Gasteiger partial charge in [-0.05, 0) is 169 Å². The molecular weight excluding hydrogens is 1360 g/mol. The molecule has 7 nitrogen and oxygen atoms in total. The highest BCUT2D eigenvalue weighted by Crippen LogP contribution is 2.49. The van der Waals surface area contributed by atoms with Gasteiger partial charge in [0.05, 0.1) is 39.5 Å². The smallest absolute Gasteiger partial charge is 0.252 e. The molecule has 112 heavy (non-hydrogen) atoms. The van der Waals surface area contributed by atoms with Crippen LogP contribution in [0.2, 0.25) is 0 Å². The number of hydrogen-bond acceptors (Lipinski definition) is 6. The van der Waals surface area contributed by atoms with Gasteiger partial charge < -0.3 is 14.4 Å². The third-order valence-corrected chi connectivity index (χ3v) is 22.2. The average Bonchev–Trinajstić information content (AvgIpc) is 0.714. The van der Waals surface area contributed by atoms with Crippen LogP contribution in [-0.4, -0.2) is 31.2 Å². The van der Waals surface area contributed by atoms with Crippen molar-refractivity contribution in [1.29, 1.82) is 0 Å². The molecule has 16 aromatic carbocycles. The first-order valence-corrected chi connectivity index (χ1v) is 38.2. The Bertz CT molecular complexity index is 6670. The van der Waals surface area contributed by atoms with E-state index in [1.165, 1.54) is 44.2 Å². The van der Waals surface area contributed by atoms with Gasteiger partial charge in [-0.1, -0.05) is 315 Å². The molecule has 5 heterocycles. The molecule has 2 aliphatic rings. The van der Waals surface area contributed by atoms with Crippen LogP contribution < -0.4 is 26.2 Å². The number of rotatable bonds is 14. The predicted octanol–water partition coefficient (Wildman–Crippen LogP) is 24.8. The van der Waals surface area contributed by atoms with Crippen LogP contribution in [0.1, 0.15) is 0 Å². The summed E-state index contributed by atoms with van der Waals surface area (Å²) in [4.78, 5) is 27.1. The molecule has 3 aromatic heterocycles. The zero-order chi connectivity index (χ0) is 74.0. The molecule has 19 aromatic rings. The molecule has 2 aliphatic heterocycles. The highest BCUT2D eigenvalue weighted by Gasteiger charge is 2.44. The van der Waals surface area contributed by atoms with E-state index in [0.29, 0.717) is 11.6 Å². The first kappa shape index (κ1) is 65.4. The summed E-state index contributed by atoms with van der Waals surface area (Å²) in [6.45, 7) is -0.183. The summed E-state index contributed by atoms with van der Waals surface area (Å²) in [5.74, 6) is 1.15. The Morgan fingerprint density at radius 3 is 1.04 bits per heavy atom. The van der Waals surface area contributed by atoms with Gasteiger partial charge in [-0.3, -0.25) is 0 Å². The van der Waals surface area contributed by atoms with Crippen molar-refractivity contribution in [2.75, 3.05) is 9.80 Å². The van der Waals surface area contributed by atoms with Gasteiger partial charge in [-0.15, -0.1) is 0 Å². The number of benzene rings is 16. The van der Waals surface area contributed by atoms with Gasteiger partial charge in [-0.25, -0.2) is 19.9 Å². The number of fused-ring (bicyclic) bond motifs is 7. The van der Waals surface area contributed by atoms with Crippen molar-refractivity contribution in [2.45, 2.75) is 0 Å². The van der Waals surface area contributed by atoms with Crippen LogP contribution in [-0.2, 0) is 0 Å². The first-order valence-electron chi connectivity index (χ1n) is 38.2. The van der Waals surface area contributed by atoms with E-state index in [1.54, 1.807) is 0 Å². The fourth-order valence-electron chi connectivity index (χ4n) is 16.9. The van der Waals surface area contributed by atoms with E-state index in [1.807, 2.05) is 24.3 Å². The number of para-hydroxylation sites is 1. The first-order chi connectivity index (χ1) is 55.5. The lowest BCUT2D eigenvalue weighted by Gasteiger charge is -2.44. The van der Waals surface area contributed by atoms with E-state index in [-0.39, 0.29) is 6.71 Å². The zero-order valence-electron chi connectivity index (χ0n) is 61.0. The summed E-state index contributed by atoms with van der Waals surface area (Å²) in [6.07, 6.45) is 0. The quantitative estimate of drug-likeness (QED) is 0.101. The van der Waals surface area contributed by atoms with Crippen molar-refractivity contribution < 1.29 is 0 Å². The molecule has 0 N–H and O–H groups in total. The maximum absolute atomic E-state index is 5.60. The molecular formula is C104H68BN7. The molecule has 0 aliphatic carbocycles. The SMILES string of the molecule is c1ccc(-c2ccc(N3c4ccc(-c5ccccc5)cc4B4c5cc(-c6ccccc6)ccc5N(c5cccc(-c6ccccc6)c5)c5cc(-c6ccc7c(c6)c6ccccc6n7-c6ccc(-c7nc(-c8ccccc8)cc(-c8ccccc8)n7)cc6-c6nc(-c7ccccc7)cc(-c7ccccc7)n6)cc3c54)cc2)cc1. The van der Waals surface area contributed by atoms with E-state index in [0.717, 1.165) is 146 Å². The van der Waals surface area contributed by atoms with Gasteiger partial charge in [0.25, 0.3) is 6.71 Å². The maximum atomic E-state index is 5.60. The Hall–Kier alpha value is -14.9. The molecule has 21 rings (SSSR count). The largest absolute Gasteiger partial charge is 0.311 e. The molecule has 8 heteroatoms. The zero-order valence-corrected chi connectivity index (χ0v) is 61.0. The lowest BCUT2D eigenvalue weighted by Crippen LogP contribution is -2.61. The van der Waals surface area contributed by atoms with Crippen LogP contribution in [0.15, 0.2) is 413 Å². The molecule has 0 saturated carbocycles. The molecule has 0 bridgehead atoms. The Morgan fingerprint density at radius 1 is 0.196 bits per heavy atom. The van der Waals surface area contributed by atoms with Crippen LogP contribution in [0.4, 0.5) is 34.1 Å². The van der Waals surface area contributed by atoms with E-state index in [2.05, 4.69) is 403 Å². The lowest BCUT2D eigenvalue weighted by atomic mass is 9.33. The highest BCUT2D eigenvalue weighted by molar-refractivity contribution is 7.00. The second kappa shape index (κ2) is 27.7. The Kier molecular flexibility index (Phi) is 16.2.